The average Bonchev–Trinajstić information content (AvgIpc) is 2.80. The second kappa shape index (κ2) is 7.06. The van der Waals surface area contributed by atoms with Gasteiger partial charge in [-0.05, 0) is 47.5 Å². The Balaban J connectivity index is 1.64. The van der Waals surface area contributed by atoms with Gasteiger partial charge in [0, 0.05) is 11.6 Å². The zero-order chi connectivity index (χ0) is 21.6. The van der Waals surface area contributed by atoms with Crippen LogP contribution in [0, 0.1) is 0 Å². The van der Waals surface area contributed by atoms with Crippen LogP contribution in [0.3, 0.4) is 0 Å². The molecule has 0 N–H and O–H groups in total. The molecule has 0 saturated heterocycles. The van der Waals surface area contributed by atoms with E-state index in [-0.39, 0.29) is 15.2 Å². The fourth-order valence-corrected chi connectivity index (χ4v) is 5.54. The van der Waals surface area contributed by atoms with Crippen molar-refractivity contribution in [1.82, 2.24) is 4.98 Å². The third-order valence-corrected chi connectivity index (χ3v) is 7.71. The lowest BCUT2D eigenvalue weighted by Gasteiger charge is -2.41. The SMILES string of the molecule is CC1(C)c2ccccc2N(c2ccc(S(=O)(=O)c3ccccc3)cn2)c2ccccc21. The number of hydrogen-bond acceptors (Lipinski definition) is 4. The molecule has 0 bridgehead atoms. The van der Waals surface area contributed by atoms with Crippen LogP contribution in [-0.2, 0) is 15.3 Å². The monoisotopic (exact) mass is 426 g/mol. The van der Waals surface area contributed by atoms with E-state index in [9.17, 15) is 8.42 Å². The zero-order valence-electron chi connectivity index (χ0n) is 17.4. The number of aromatic nitrogens is 1. The summed E-state index contributed by atoms with van der Waals surface area (Å²) in [6.45, 7) is 4.45. The maximum Gasteiger partial charge on any atom is 0.208 e. The molecule has 5 heteroatoms. The van der Waals surface area contributed by atoms with E-state index in [2.05, 4.69) is 60.1 Å². The highest BCUT2D eigenvalue weighted by Crippen LogP contribution is 2.51. The third kappa shape index (κ3) is 3.04. The Morgan fingerprint density at radius 3 is 1.77 bits per heavy atom. The third-order valence-electron chi connectivity index (χ3n) is 5.95. The maximum absolute atomic E-state index is 12.9. The number of hydrogen-bond donors (Lipinski definition) is 0. The molecule has 0 aliphatic carbocycles. The first-order valence-electron chi connectivity index (χ1n) is 10.2. The topological polar surface area (TPSA) is 50.3 Å². The van der Waals surface area contributed by atoms with Gasteiger partial charge in [0.05, 0.1) is 21.2 Å². The Labute approximate surface area is 182 Å². The van der Waals surface area contributed by atoms with E-state index in [1.165, 1.54) is 17.3 Å². The summed E-state index contributed by atoms with van der Waals surface area (Å²) in [5.41, 5.74) is 4.36. The van der Waals surface area contributed by atoms with Crippen LogP contribution in [0.2, 0.25) is 0 Å². The molecule has 0 fully saturated rings. The van der Waals surface area contributed by atoms with Crippen LogP contribution < -0.4 is 4.90 Å². The van der Waals surface area contributed by atoms with Gasteiger partial charge in [-0.15, -0.1) is 0 Å². The molecular formula is C26H22N2O2S. The van der Waals surface area contributed by atoms with Crippen LogP contribution in [-0.4, -0.2) is 13.4 Å². The van der Waals surface area contributed by atoms with E-state index in [1.807, 2.05) is 12.1 Å². The second-order valence-electron chi connectivity index (χ2n) is 8.16. The van der Waals surface area contributed by atoms with Crippen molar-refractivity contribution in [3.05, 3.63) is 108 Å². The molecule has 0 spiro atoms. The van der Waals surface area contributed by atoms with Crippen LogP contribution in [0.15, 0.2) is 107 Å². The van der Waals surface area contributed by atoms with E-state index < -0.39 is 9.84 Å². The van der Waals surface area contributed by atoms with Gasteiger partial charge >= 0.3 is 0 Å². The second-order valence-corrected chi connectivity index (χ2v) is 10.1. The average molecular weight is 427 g/mol. The van der Waals surface area contributed by atoms with Gasteiger partial charge in [-0.25, -0.2) is 13.4 Å². The summed E-state index contributed by atoms with van der Waals surface area (Å²) >= 11 is 0. The predicted octanol–water partition coefficient (Wildman–Crippen LogP) is 6.02. The van der Waals surface area contributed by atoms with Crippen LogP contribution in [0.4, 0.5) is 17.2 Å². The standard InChI is InChI=1S/C26H22N2O2S/c1-26(2)21-12-6-8-14-23(21)28(24-15-9-7-13-22(24)26)25-17-16-20(18-27-25)31(29,30)19-10-4-3-5-11-19/h3-18H,1-2H3. The molecule has 1 aromatic heterocycles. The summed E-state index contributed by atoms with van der Waals surface area (Å²) in [4.78, 5) is 7.14. The lowest BCUT2D eigenvalue weighted by atomic mass is 9.73. The van der Waals surface area contributed by atoms with Gasteiger partial charge in [0.1, 0.15) is 5.82 Å². The lowest BCUT2D eigenvalue weighted by Crippen LogP contribution is -2.30. The summed E-state index contributed by atoms with van der Waals surface area (Å²) in [5, 5.41) is 0. The number of nitrogens with zero attached hydrogens (tertiary/aromatic N) is 2. The smallest absolute Gasteiger partial charge is 0.208 e. The Bertz CT molecular complexity index is 1310. The quantitative estimate of drug-likeness (QED) is 0.402. The van der Waals surface area contributed by atoms with Gasteiger partial charge in [-0.2, -0.15) is 0 Å². The van der Waals surface area contributed by atoms with Gasteiger partial charge in [0.25, 0.3) is 0 Å². The molecule has 0 unspecified atom stereocenters. The molecule has 0 saturated carbocycles. The Kier molecular flexibility index (Phi) is 4.45. The highest BCUT2D eigenvalue weighted by atomic mass is 32.2. The summed E-state index contributed by atoms with van der Waals surface area (Å²) in [7, 11) is -3.61. The van der Waals surface area contributed by atoms with E-state index in [1.54, 1.807) is 42.5 Å². The first-order valence-corrected chi connectivity index (χ1v) is 11.6. The highest BCUT2D eigenvalue weighted by Gasteiger charge is 2.36. The van der Waals surface area contributed by atoms with Crippen molar-refractivity contribution in [3.8, 4) is 0 Å². The van der Waals surface area contributed by atoms with Crippen molar-refractivity contribution >= 4 is 27.0 Å². The maximum atomic E-state index is 12.9. The van der Waals surface area contributed by atoms with Crippen molar-refractivity contribution < 1.29 is 8.42 Å². The fraction of sp³-hybridized carbons (Fsp3) is 0.115. The summed E-state index contributed by atoms with van der Waals surface area (Å²) in [6, 6.07) is 28.5. The largest absolute Gasteiger partial charge is 0.294 e. The number of pyridine rings is 1. The number of benzene rings is 3. The van der Waals surface area contributed by atoms with E-state index in [0.29, 0.717) is 5.82 Å². The molecular weight excluding hydrogens is 404 g/mol. The molecule has 31 heavy (non-hydrogen) atoms. The normalized spacial score (nSPS) is 14.6. The molecule has 1 aliphatic heterocycles. The van der Waals surface area contributed by atoms with Gasteiger partial charge < -0.3 is 0 Å². The minimum absolute atomic E-state index is 0.153. The first-order chi connectivity index (χ1) is 14.9. The molecule has 154 valence electrons. The summed E-state index contributed by atoms with van der Waals surface area (Å²) < 4.78 is 25.9. The van der Waals surface area contributed by atoms with Crippen molar-refractivity contribution in [3.63, 3.8) is 0 Å². The van der Waals surface area contributed by atoms with Crippen molar-refractivity contribution in [2.45, 2.75) is 29.1 Å². The predicted molar refractivity (Wildman–Crippen MR) is 123 cm³/mol. The Morgan fingerprint density at radius 2 is 1.23 bits per heavy atom. The van der Waals surface area contributed by atoms with E-state index in [0.717, 1.165) is 11.4 Å². The number of anilines is 3. The molecule has 1 aliphatic rings. The Morgan fingerprint density at radius 1 is 0.677 bits per heavy atom. The van der Waals surface area contributed by atoms with Crippen LogP contribution in [0.5, 0.6) is 0 Å². The summed E-state index contributed by atoms with van der Waals surface area (Å²) in [5.74, 6) is 0.683. The van der Waals surface area contributed by atoms with E-state index in [4.69, 9.17) is 0 Å². The number of sulfone groups is 1. The first kappa shape index (κ1) is 19.5. The molecule has 5 rings (SSSR count). The minimum atomic E-state index is -3.61. The van der Waals surface area contributed by atoms with Gasteiger partial charge in [0.15, 0.2) is 0 Å². The molecule has 4 nitrogen and oxygen atoms in total. The highest BCUT2D eigenvalue weighted by molar-refractivity contribution is 7.91. The summed E-state index contributed by atoms with van der Waals surface area (Å²) in [6.07, 6.45) is 1.45. The molecule has 0 radical (unpaired) electrons. The Hall–Kier alpha value is -3.44. The van der Waals surface area contributed by atoms with Crippen molar-refractivity contribution in [1.29, 1.82) is 0 Å². The lowest BCUT2D eigenvalue weighted by molar-refractivity contribution is 0.595. The van der Waals surface area contributed by atoms with Crippen molar-refractivity contribution in [2.75, 3.05) is 4.90 Å². The van der Waals surface area contributed by atoms with E-state index >= 15 is 0 Å². The number of para-hydroxylation sites is 2. The minimum Gasteiger partial charge on any atom is -0.294 e. The van der Waals surface area contributed by atoms with Crippen LogP contribution >= 0.6 is 0 Å². The molecule has 4 aromatic rings. The van der Waals surface area contributed by atoms with Gasteiger partial charge in [-0.3, -0.25) is 4.90 Å². The van der Waals surface area contributed by atoms with Crippen molar-refractivity contribution in [2.24, 2.45) is 0 Å². The molecule has 0 atom stereocenters. The number of rotatable bonds is 3. The number of fused-ring (bicyclic) bond motifs is 2. The zero-order valence-corrected chi connectivity index (χ0v) is 18.2. The molecule has 2 heterocycles. The van der Waals surface area contributed by atoms with Gasteiger partial charge in [-0.1, -0.05) is 68.4 Å². The van der Waals surface area contributed by atoms with Gasteiger partial charge in [0.2, 0.25) is 9.84 Å². The van der Waals surface area contributed by atoms with Crippen LogP contribution in [0.25, 0.3) is 0 Å². The van der Waals surface area contributed by atoms with Crippen LogP contribution in [0.1, 0.15) is 25.0 Å². The molecule has 3 aromatic carbocycles. The fourth-order valence-electron chi connectivity index (χ4n) is 4.32. The molecule has 0 amide bonds.